The fourth-order valence-corrected chi connectivity index (χ4v) is 1.52. The summed E-state index contributed by atoms with van der Waals surface area (Å²) in [6, 6.07) is -0.228. The van der Waals surface area contributed by atoms with Gasteiger partial charge in [-0.3, -0.25) is 9.59 Å². The van der Waals surface area contributed by atoms with Crippen molar-refractivity contribution in [3.05, 3.63) is 0 Å². The molecule has 0 fully saturated rings. The van der Waals surface area contributed by atoms with Crippen molar-refractivity contribution >= 4 is 18.0 Å². The van der Waals surface area contributed by atoms with E-state index in [1.165, 1.54) is 16.9 Å². The minimum absolute atomic E-state index is 0.0738. The van der Waals surface area contributed by atoms with Crippen molar-refractivity contribution in [3.63, 3.8) is 0 Å². The fraction of sp³-hybridized carbons (Fsp3) is 0.750. The van der Waals surface area contributed by atoms with Gasteiger partial charge in [0.1, 0.15) is 0 Å². The minimum Gasteiger partial charge on any atom is -0.481 e. The zero-order valence-corrected chi connectivity index (χ0v) is 11.7. The van der Waals surface area contributed by atoms with Crippen LogP contribution in [-0.4, -0.2) is 66.7 Å². The van der Waals surface area contributed by atoms with Gasteiger partial charge in [-0.15, -0.1) is 0 Å². The van der Waals surface area contributed by atoms with Gasteiger partial charge in [0.05, 0.1) is 13.5 Å². The van der Waals surface area contributed by atoms with Crippen LogP contribution in [0.1, 0.15) is 26.2 Å². The number of carbonyl (C=O) groups is 3. The predicted molar refractivity (Wildman–Crippen MR) is 68.8 cm³/mol. The second-order valence-corrected chi connectivity index (χ2v) is 4.11. The number of nitrogens with zero attached hydrogens (tertiary/aromatic N) is 2. The molecule has 0 atom stereocenters. The number of rotatable bonds is 8. The minimum atomic E-state index is -0.931. The van der Waals surface area contributed by atoms with Crippen LogP contribution in [0.5, 0.6) is 0 Å². The van der Waals surface area contributed by atoms with Crippen molar-refractivity contribution in [3.8, 4) is 0 Å². The van der Waals surface area contributed by atoms with Crippen LogP contribution in [-0.2, 0) is 14.3 Å². The molecule has 0 rings (SSSR count). The number of hydrogen-bond acceptors (Lipinski definition) is 4. The van der Waals surface area contributed by atoms with Crippen LogP contribution in [0, 0.1) is 0 Å². The molecule has 0 saturated heterocycles. The highest BCUT2D eigenvalue weighted by Gasteiger charge is 2.17. The number of hydrogen-bond donors (Lipinski definition) is 1. The number of carbonyl (C=O) groups excluding carboxylic acids is 2. The average Bonchev–Trinajstić information content (AvgIpc) is 2.38. The van der Waals surface area contributed by atoms with Crippen LogP contribution in [0.3, 0.4) is 0 Å². The Morgan fingerprint density at radius 3 is 2.26 bits per heavy atom. The quantitative estimate of drug-likeness (QED) is 0.661. The molecule has 0 bridgehead atoms. The summed E-state index contributed by atoms with van der Waals surface area (Å²) in [5.41, 5.74) is 0. The molecule has 2 amide bonds. The van der Waals surface area contributed by atoms with Crippen LogP contribution in [0.15, 0.2) is 0 Å². The van der Waals surface area contributed by atoms with Crippen LogP contribution >= 0.6 is 0 Å². The molecular formula is C12H22N2O5. The average molecular weight is 274 g/mol. The lowest BCUT2D eigenvalue weighted by atomic mass is 10.3. The monoisotopic (exact) mass is 274 g/mol. The highest BCUT2D eigenvalue weighted by molar-refractivity contribution is 5.75. The van der Waals surface area contributed by atoms with Gasteiger partial charge in [0.15, 0.2) is 0 Å². The Hall–Kier alpha value is -1.79. The third-order valence-electron chi connectivity index (χ3n) is 2.68. The van der Waals surface area contributed by atoms with Crippen molar-refractivity contribution < 1.29 is 24.2 Å². The van der Waals surface area contributed by atoms with E-state index in [-0.39, 0.29) is 31.4 Å². The molecule has 7 nitrogen and oxygen atoms in total. The molecule has 0 aliphatic carbocycles. The van der Waals surface area contributed by atoms with E-state index >= 15 is 0 Å². The molecule has 19 heavy (non-hydrogen) atoms. The summed E-state index contributed by atoms with van der Waals surface area (Å²) < 4.78 is 4.51. The number of esters is 1. The van der Waals surface area contributed by atoms with Crippen molar-refractivity contribution in [1.82, 2.24) is 9.80 Å². The van der Waals surface area contributed by atoms with Gasteiger partial charge in [0.2, 0.25) is 0 Å². The lowest BCUT2D eigenvalue weighted by Gasteiger charge is -2.26. The van der Waals surface area contributed by atoms with Gasteiger partial charge in [-0.1, -0.05) is 0 Å². The number of amides is 2. The summed E-state index contributed by atoms with van der Waals surface area (Å²) in [5.74, 6) is -1.24. The molecule has 0 saturated carbocycles. The first-order valence-electron chi connectivity index (χ1n) is 6.21. The largest absolute Gasteiger partial charge is 0.481 e. The standard InChI is InChI=1S/C12H22N2O5/c1-4-14(9-7-10(15)16)12(18)13(2)8-5-6-11(17)19-3/h4-9H2,1-3H3,(H,15,16). The van der Waals surface area contributed by atoms with E-state index in [2.05, 4.69) is 4.74 Å². The number of carboxylic acid groups (broad SMARTS) is 1. The maximum Gasteiger partial charge on any atom is 0.319 e. The normalized spacial score (nSPS) is 9.84. The summed E-state index contributed by atoms with van der Waals surface area (Å²) in [7, 11) is 2.95. The molecule has 0 radical (unpaired) electrons. The Morgan fingerprint density at radius 2 is 1.79 bits per heavy atom. The van der Waals surface area contributed by atoms with Crippen molar-refractivity contribution in [2.24, 2.45) is 0 Å². The Labute approximate surface area is 113 Å². The van der Waals surface area contributed by atoms with E-state index < -0.39 is 5.97 Å². The van der Waals surface area contributed by atoms with Crippen LogP contribution in [0.25, 0.3) is 0 Å². The zero-order valence-electron chi connectivity index (χ0n) is 11.7. The highest BCUT2D eigenvalue weighted by atomic mass is 16.5. The van der Waals surface area contributed by atoms with Crippen LogP contribution < -0.4 is 0 Å². The number of carboxylic acids is 1. The second-order valence-electron chi connectivity index (χ2n) is 4.11. The highest BCUT2D eigenvalue weighted by Crippen LogP contribution is 2.02. The maximum absolute atomic E-state index is 12.0. The first kappa shape index (κ1) is 17.2. The van der Waals surface area contributed by atoms with Crippen molar-refractivity contribution in [2.75, 3.05) is 33.8 Å². The van der Waals surface area contributed by atoms with Gasteiger partial charge in [0.25, 0.3) is 0 Å². The summed E-state index contributed by atoms with van der Waals surface area (Å²) in [5, 5.41) is 8.60. The Kier molecular flexibility index (Phi) is 8.32. The first-order valence-corrected chi connectivity index (χ1v) is 6.21. The molecule has 0 aliphatic heterocycles. The molecule has 0 aromatic rings. The molecule has 0 aliphatic rings. The molecule has 0 spiro atoms. The SMILES string of the molecule is CCN(CCC(=O)O)C(=O)N(C)CCCC(=O)OC. The topological polar surface area (TPSA) is 87.2 Å². The maximum atomic E-state index is 12.0. The van der Waals surface area contributed by atoms with Gasteiger partial charge < -0.3 is 19.6 Å². The predicted octanol–water partition coefficient (Wildman–Crippen LogP) is 0.788. The molecular weight excluding hydrogens is 252 g/mol. The number of methoxy groups -OCH3 is 1. The third-order valence-corrected chi connectivity index (χ3v) is 2.68. The fourth-order valence-electron chi connectivity index (χ4n) is 1.52. The van der Waals surface area contributed by atoms with E-state index in [4.69, 9.17) is 5.11 Å². The van der Waals surface area contributed by atoms with Gasteiger partial charge >= 0.3 is 18.0 Å². The summed E-state index contributed by atoms with van der Waals surface area (Å²) >= 11 is 0. The number of ether oxygens (including phenoxy) is 1. The smallest absolute Gasteiger partial charge is 0.319 e. The molecule has 110 valence electrons. The lowest BCUT2D eigenvalue weighted by molar-refractivity contribution is -0.141. The molecule has 0 unspecified atom stereocenters. The van der Waals surface area contributed by atoms with Crippen molar-refractivity contribution in [2.45, 2.75) is 26.2 Å². The first-order chi connectivity index (χ1) is 8.92. The van der Waals surface area contributed by atoms with E-state index in [9.17, 15) is 14.4 Å². The van der Waals surface area contributed by atoms with Gasteiger partial charge in [-0.05, 0) is 13.3 Å². The third kappa shape index (κ3) is 7.28. The summed E-state index contributed by atoms with van der Waals surface area (Å²) in [6.45, 7) is 2.86. The summed E-state index contributed by atoms with van der Waals surface area (Å²) in [4.78, 5) is 36.3. The number of urea groups is 1. The van der Waals surface area contributed by atoms with E-state index in [0.717, 1.165) is 0 Å². The Morgan fingerprint density at radius 1 is 1.16 bits per heavy atom. The lowest BCUT2D eigenvalue weighted by Crippen LogP contribution is -2.42. The van der Waals surface area contributed by atoms with E-state index in [1.807, 2.05) is 0 Å². The number of aliphatic carboxylic acids is 1. The van der Waals surface area contributed by atoms with Crippen LogP contribution in [0.2, 0.25) is 0 Å². The zero-order chi connectivity index (χ0) is 14.8. The second kappa shape index (κ2) is 9.18. The van der Waals surface area contributed by atoms with Gasteiger partial charge in [-0.25, -0.2) is 4.79 Å². The summed E-state index contributed by atoms with van der Waals surface area (Å²) in [6.07, 6.45) is 0.705. The van der Waals surface area contributed by atoms with Crippen molar-refractivity contribution in [1.29, 1.82) is 0 Å². The van der Waals surface area contributed by atoms with Gasteiger partial charge in [0, 0.05) is 33.1 Å². The molecule has 0 heterocycles. The van der Waals surface area contributed by atoms with Gasteiger partial charge in [-0.2, -0.15) is 0 Å². The van der Waals surface area contributed by atoms with E-state index in [1.54, 1.807) is 14.0 Å². The Balaban J connectivity index is 4.13. The van der Waals surface area contributed by atoms with E-state index in [0.29, 0.717) is 19.5 Å². The Bertz CT molecular complexity index is 319. The molecule has 0 aromatic heterocycles. The molecule has 7 heteroatoms. The van der Waals surface area contributed by atoms with Crippen LogP contribution in [0.4, 0.5) is 4.79 Å². The molecule has 1 N–H and O–H groups in total. The molecule has 0 aromatic carbocycles.